The number of carbonyl (C=O) groups is 2. The molecule has 0 bridgehead atoms. The Morgan fingerprint density at radius 1 is 0.969 bits per heavy atom. The fourth-order valence-corrected chi connectivity index (χ4v) is 3.25. The first-order valence-electron chi connectivity index (χ1n) is 10.5. The lowest BCUT2D eigenvalue weighted by atomic mass is 9.84. The maximum absolute atomic E-state index is 12.7. The van der Waals surface area contributed by atoms with Crippen molar-refractivity contribution in [2.45, 2.75) is 45.6 Å². The summed E-state index contributed by atoms with van der Waals surface area (Å²) < 4.78 is 5.28. The first-order chi connectivity index (χ1) is 15.0. The highest BCUT2D eigenvalue weighted by Crippen LogP contribution is 2.24. The fourth-order valence-electron chi connectivity index (χ4n) is 3.25. The van der Waals surface area contributed by atoms with E-state index < -0.39 is 17.6 Å². The Hall–Kier alpha value is -3.61. The monoisotopic (exact) mass is 435 g/mol. The molecule has 3 N–H and O–H groups in total. The molecule has 32 heavy (non-hydrogen) atoms. The van der Waals surface area contributed by atoms with Crippen molar-refractivity contribution < 1.29 is 14.3 Å². The Labute approximate surface area is 187 Å². The molecule has 1 heterocycles. The summed E-state index contributed by atoms with van der Waals surface area (Å²) in [6, 6.07) is 14.4. The summed E-state index contributed by atoms with van der Waals surface area (Å²) >= 11 is 0. The zero-order valence-electron chi connectivity index (χ0n) is 19.0. The number of aromatic nitrogens is 1. The largest absolute Gasteiger partial charge is 0.444 e. The number of anilines is 1. The number of H-pyrrole nitrogens is 1. The van der Waals surface area contributed by atoms with Gasteiger partial charge in [-0.15, -0.1) is 0 Å². The number of rotatable bonds is 5. The number of amides is 2. The maximum Gasteiger partial charge on any atom is 0.407 e. The van der Waals surface area contributed by atoms with Gasteiger partial charge in [0, 0.05) is 34.7 Å². The van der Waals surface area contributed by atoms with Gasteiger partial charge in [0.1, 0.15) is 11.2 Å². The van der Waals surface area contributed by atoms with E-state index in [2.05, 4.69) is 15.6 Å². The van der Waals surface area contributed by atoms with E-state index in [9.17, 15) is 14.4 Å². The van der Waals surface area contributed by atoms with Crippen molar-refractivity contribution in [3.63, 3.8) is 0 Å². The molecule has 3 rings (SSSR count). The van der Waals surface area contributed by atoms with Crippen LogP contribution in [0.2, 0.25) is 0 Å². The van der Waals surface area contributed by atoms with E-state index in [-0.39, 0.29) is 16.4 Å². The van der Waals surface area contributed by atoms with Crippen LogP contribution < -0.4 is 16.1 Å². The van der Waals surface area contributed by atoms with Crippen LogP contribution in [-0.2, 0) is 10.2 Å². The lowest BCUT2D eigenvalue weighted by molar-refractivity contribution is 0.0517. The van der Waals surface area contributed by atoms with Crippen molar-refractivity contribution in [2.24, 2.45) is 0 Å². The number of nitrogens with one attached hydrogen (secondary N) is 3. The van der Waals surface area contributed by atoms with E-state index in [1.807, 2.05) is 52.8 Å². The van der Waals surface area contributed by atoms with Gasteiger partial charge in [0.15, 0.2) is 0 Å². The molecule has 0 atom stereocenters. The van der Waals surface area contributed by atoms with Crippen LogP contribution in [0.25, 0.3) is 10.9 Å². The predicted octanol–water partition coefficient (Wildman–Crippen LogP) is 4.58. The molecule has 0 aliphatic rings. The van der Waals surface area contributed by atoms with Crippen molar-refractivity contribution in [1.82, 2.24) is 10.3 Å². The molecular formula is C25H29N3O4. The van der Waals surface area contributed by atoms with E-state index in [1.54, 1.807) is 30.3 Å². The highest BCUT2D eigenvalue weighted by atomic mass is 16.6. The van der Waals surface area contributed by atoms with Crippen molar-refractivity contribution in [3.05, 3.63) is 76.1 Å². The second-order valence-corrected chi connectivity index (χ2v) is 9.35. The lowest BCUT2D eigenvalue weighted by Gasteiger charge is -2.27. The zero-order valence-corrected chi connectivity index (χ0v) is 19.0. The summed E-state index contributed by atoms with van der Waals surface area (Å²) in [6.07, 6.45) is 0.967. The normalized spacial score (nSPS) is 11.8. The maximum atomic E-state index is 12.7. The second-order valence-electron chi connectivity index (χ2n) is 9.35. The molecule has 0 aliphatic carbocycles. The van der Waals surface area contributed by atoms with Crippen LogP contribution in [0.4, 0.5) is 10.5 Å². The minimum absolute atomic E-state index is 0.0506. The molecular weight excluding hydrogens is 406 g/mol. The summed E-state index contributed by atoms with van der Waals surface area (Å²) in [4.78, 5) is 40.2. The average molecular weight is 436 g/mol. The van der Waals surface area contributed by atoms with Gasteiger partial charge in [-0.1, -0.05) is 38.1 Å². The van der Waals surface area contributed by atoms with Gasteiger partial charge in [0.2, 0.25) is 5.43 Å². The summed E-state index contributed by atoms with van der Waals surface area (Å²) in [5.41, 5.74) is 1.06. The van der Waals surface area contributed by atoms with Crippen LogP contribution in [0.5, 0.6) is 0 Å². The van der Waals surface area contributed by atoms with Gasteiger partial charge in [0.25, 0.3) is 5.91 Å². The Morgan fingerprint density at radius 3 is 2.28 bits per heavy atom. The fraction of sp³-hybridized carbons (Fsp3) is 0.320. The van der Waals surface area contributed by atoms with Crippen molar-refractivity contribution in [1.29, 1.82) is 0 Å². The topological polar surface area (TPSA) is 100 Å². The van der Waals surface area contributed by atoms with Crippen LogP contribution in [-0.4, -0.2) is 29.1 Å². The van der Waals surface area contributed by atoms with Crippen LogP contribution in [0.15, 0.2) is 59.5 Å². The summed E-state index contributed by atoms with van der Waals surface area (Å²) in [5.74, 6) is -0.476. The smallest absolute Gasteiger partial charge is 0.407 e. The predicted molar refractivity (Wildman–Crippen MR) is 126 cm³/mol. The molecule has 2 amide bonds. The minimum atomic E-state index is -0.555. The van der Waals surface area contributed by atoms with Gasteiger partial charge < -0.3 is 20.4 Å². The summed E-state index contributed by atoms with van der Waals surface area (Å²) in [5, 5.41) is 6.04. The molecule has 7 heteroatoms. The quantitative estimate of drug-likeness (QED) is 0.546. The van der Waals surface area contributed by atoms with Gasteiger partial charge in [-0.2, -0.15) is 0 Å². The molecule has 0 aliphatic heterocycles. The van der Waals surface area contributed by atoms with Crippen LogP contribution in [0.1, 0.15) is 50.5 Å². The van der Waals surface area contributed by atoms with Crippen molar-refractivity contribution in [3.8, 4) is 0 Å². The van der Waals surface area contributed by atoms with Gasteiger partial charge in [-0.3, -0.25) is 9.59 Å². The van der Waals surface area contributed by atoms with Gasteiger partial charge in [0.05, 0.1) is 0 Å². The minimum Gasteiger partial charge on any atom is -0.444 e. The number of fused-ring (bicyclic) bond motifs is 1. The molecule has 7 nitrogen and oxygen atoms in total. The number of hydrogen-bond donors (Lipinski definition) is 3. The number of alkyl carbamates (subject to hydrolysis) is 1. The summed E-state index contributed by atoms with van der Waals surface area (Å²) in [6.45, 7) is 9.85. The Kier molecular flexibility index (Phi) is 6.39. The van der Waals surface area contributed by atoms with E-state index in [0.717, 1.165) is 5.56 Å². The second kappa shape index (κ2) is 8.86. The number of pyridine rings is 1. The third-order valence-electron chi connectivity index (χ3n) is 5.03. The standard InChI is InChI=1S/C25H29N3O4/c1-24(2,3)32-23(31)27-15-25(4,5)16-10-12-17(13-11-16)28-22(30)19-14-26-20-9-7-6-8-18(20)21(19)29/h6-14H,15H2,1-5H3,(H,26,29)(H,27,31)(H,28,30). The SMILES string of the molecule is CC(C)(C)OC(=O)NCC(C)(C)c1ccc(NC(=O)c2c[nH]c3ccccc3c2=O)cc1. The van der Waals surface area contributed by atoms with Gasteiger partial charge in [-0.05, 0) is 50.6 Å². The van der Waals surface area contributed by atoms with Crippen molar-refractivity contribution >= 4 is 28.6 Å². The van der Waals surface area contributed by atoms with E-state index >= 15 is 0 Å². The first kappa shape index (κ1) is 23.1. The molecule has 3 aromatic rings. The molecule has 1 aromatic heterocycles. The third-order valence-corrected chi connectivity index (χ3v) is 5.03. The first-order valence-corrected chi connectivity index (χ1v) is 10.5. The summed E-state index contributed by atoms with van der Waals surface area (Å²) in [7, 11) is 0. The zero-order chi connectivity index (χ0) is 23.5. The van der Waals surface area contributed by atoms with Crippen molar-refractivity contribution in [2.75, 3.05) is 11.9 Å². The molecule has 0 saturated heterocycles. The van der Waals surface area contributed by atoms with E-state index in [0.29, 0.717) is 23.1 Å². The molecule has 2 aromatic carbocycles. The van der Waals surface area contributed by atoms with Crippen LogP contribution in [0, 0.1) is 0 Å². The molecule has 0 radical (unpaired) electrons. The Balaban J connectivity index is 1.68. The Bertz CT molecular complexity index is 1190. The van der Waals surface area contributed by atoms with Crippen LogP contribution >= 0.6 is 0 Å². The van der Waals surface area contributed by atoms with E-state index in [1.165, 1.54) is 6.20 Å². The highest BCUT2D eigenvalue weighted by molar-refractivity contribution is 6.05. The number of hydrogen-bond acceptors (Lipinski definition) is 4. The number of carbonyl (C=O) groups excluding carboxylic acids is 2. The lowest BCUT2D eigenvalue weighted by Crippen LogP contribution is -2.39. The highest BCUT2D eigenvalue weighted by Gasteiger charge is 2.24. The molecule has 0 spiro atoms. The Morgan fingerprint density at radius 2 is 1.62 bits per heavy atom. The molecule has 168 valence electrons. The number of benzene rings is 2. The number of aromatic amines is 1. The number of para-hydroxylation sites is 1. The third kappa shape index (κ3) is 5.55. The molecule has 0 saturated carbocycles. The molecule has 0 fully saturated rings. The van der Waals surface area contributed by atoms with Gasteiger partial charge >= 0.3 is 6.09 Å². The van der Waals surface area contributed by atoms with Gasteiger partial charge in [-0.25, -0.2) is 4.79 Å². The van der Waals surface area contributed by atoms with Crippen LogP contribution in [0.3, 0.4) is 0 Å². The molecule has 0 unspecified atom stereocenters. The number of ether oxygens (including phenoxy) is 1. The van der Waals surface area contributed by atoms with E-state index in [4.69, 9.17) is 4.74 Å². The average Bonchev–Trinajstić information content (AvgIpc) is 2.72.